The van der Waals surface area contributed by atoms with Gasteiger partial charge in [0, 0.05) is 0 Å². The Morgan fingerprint density at radius 1 is 1.17 bits per heavy atom. The number of hydrogen-bond donors (Lipinski definition) is 0. The quantitative estimate of drug-likeness (QED) is 0.502. The van der Waals surface area contributed by atoms with Gasteiger partial charge in [0.15, 0.2) is 0 Å². The topological polar surface area (TPSA) is 0 Å². The molecule has 0 amide bonds. The molecule has 0 heterocycles. The minimum atomic E-state index is 0. The average molecular weight is 172 g/mol. The van der Waals surface area contributed by atoms with E-state index in [2.05, 4.69) is 13.0 Å². The van der Waals surface area contributed by atoms with Gasteiger partial charge < -0.3 is 0 Å². The van der Waals surface area contributed by atoms with Crippen molar-refractivity contribution in [3.05, 3.63) is 11.6 Å². The molecule has 0 radical (unpaired) electrons. The van der Waals surface area contributed by atoms with Gasteiger partial charge >= 0.3 is 0 Å². The van der Waals surface area contributed by atoms with Crippen LogP contribution in [0.15, 0.2) is 11.6 Å². The molecular weight excluding hydrogens is 144 g/mol. The zero-order valence-corrected chi connectivity index (χ0v) is 6.32. The summed E-state index contributed by atoms with van der Waals surface area (Å²) in [6.45, 7) is 2.26. The van der Waals surface area contributed by atoms with Crippen LogP contribution in [0, 0.1) is 0 Å². The van der Waals surface area contributed by atoms with E-state index in [9.17, 15) is 0 Å². The maximum absolute atomic E-state index is 2.44. The third-order valence-electron chi connectivity index (χ3n) is 1.96. The average Bonchev–Trinajstić information content (AvgIpc) is 1.91. The summed E-state index contributed by atoms with van der Waals surface area (Å²) in [5.74, 6) is 0. The van der Waals surface area contributed by atoms with Gasteiger partial charge in [-0.1, -0.05) is 47.3 Å². The maximum atomic E-state index is 2.44. The van der Waals surface area contributed by atoms with Gasteiger partial charge in [-0.2, -0.15) is 0 Å². The van der Waals surface area contributed by atoms with Crippen LogP contribution in [0.25, 0.3) is 0 Å². The maximum Gasteiger partial charge on any atom is -0.0320 e. The van der Waals surface area contributed by atoms with Crippen LogP contribution in [0.2, 0.25) is 0 Å². The molecule has 0 bridgehead atoms. The Bertz CT molecular complexity index is 101. The van der Waals surface area contributed by atoms with Crippen LogP contribution in [0.1, 0.15) is 67.7 Å². The van der Waals surface area contributed by atoms with Crippen molar-refractivity contribution in [2.45, 2.75) is 67.7 Å². The first-order valence-electron chi connectivity index (χ1n) is 4.11. The van der Waals surface area contributed by atoms with Crippen molar-refractivity contribution in [1.29, 1.82) is 0 Å². The van der Waals surface area contributed by atoms with E-state index in [0.29, 0.717) is 0 Å². The molecule has 0 N–H and O–H groups in total. The lowest BCUT2D eigenvalue weighted by molar-refractivity contribution is 0.670. The molecule has 0 spiro atoms. The predicted octanol–water partition coefficient (Wildman–Crippen LogP) is 5.20. The molecule has 0 aromatic heterocycles. The second-order valence-corrected chi connectivity index (χ2v) is 2.86. The molecule has 1 rings (SSSR count). The summed E-state index contributed by atoms with van der Waals surface area (Å²) in [6.07, 6.45) is 10.7. The first kappa shape index (κ1) is 17.7. The number of rotatable bonds is 2. The van der Waals surface area contributed by atoms with Gasteiger partial charge in [-0.3, -0.25) is 0 Å². The van der Waals surface area contributed by atoms with Crippen molar-refractivity contribution in [1.82, 2.24) is 0 Å². The molecule has 0 nitrogen and oxygen atoms in total. The van der Waals surface area contributed by atoms with E-state index in [-0.39, 0.29) is 22.3 Å². The molecule has 0 fully saturated rings. The van der Waals surface area contributed by atoms with Crippen molar-refractivity contribution in [3.8, 4) is 0 Å². The SMILES string of the molecule is C.C.C.CCCC1=CCCCC1. The van der Waals surface area contributed by atoms with E-state index < -0.39 is 0 Å². The van der Waals surface area contributed by atoms with Crippen molar-refractivity contribution in [2.75, 3.05) is 0 Å². The van der Waals surface area contributed by atoms with E-state index in [1.54, 1.807) is 5.57 Å². The highest BCUT2D eigenvalue weighted by molar-refractivity contribution is 5.04. The molecule has 0 aromatic carbocycles. The Kier molecular flexibility index (Phi) is 15.9. The van der Waals surface area contributed by atoms with Gasteiger partial charge in [0.2, 0.25) is 0 Å². The van der Waals surface area contributed by atoms with Crippen molar-refractivity contribution >= 4 is 0 Å². The molecule has 0 heteroatoms. The fourth-order valence-electron chi connectivity index (χ4n) is 1.45. The van der Waals surface area contributed by atoms with Crippen LogP contribution >= 0.6 is 0 Å². The van der Waals surface area contributed by atoms with Crippen LogP contribution in [-0.4, -0.2) is 0 Å². The van der Waals surface area contributed by atoms with Crippen molar-refractivity contribution in [3.63, 3.8) is 0 Å². The summed E-state index contributed by atoms with van der Waals surface area (Å²) < 4.78 is 0. The van der Waals surface area contributed by atoms with Crippen molar-refractivity contribution in [2.24, 2.45) is 0 Å². The molecule has 0 unspecified atom stereocenters. The summed E-state index contributed by atoms with van der Waals surface area (Å²) >= 11 is 0. The minimum Gasteiger partial charge on any atom is -0.0853 e. The first-order chi connectivity index (χ1) is 4.43. The standard InChI is InChI=1S/C9H16.3CH4/c1-2-6-9-7-4-3-5-8-9;;;/h7H,2-6,8H2,1H3;3*1H4. The van der Waals surface area contributed by atoms with E-state index in [4.69, 9.17) is 0 Å². The molecule has 12 heavy (non-hydrogen) atoms. The molecular formula is C12H28. The highest BCUT2D eigenvalue weighted by atomic mass is 14.1. The monoisotopic (exact) mass is 172 g/mol. The lowest BCUT2D eigenvalue weighted by Gasteiger charge is -2.10. The largest absolute Gasteiger partial charge is 0.0853 e. The Labute approximate surface area is 80.1 Å². The fourth-order valence-corrected chi connectivity index (χ4v) is 1.45. The van der Waals surface area contributed by atoms with Gasteiger partial charge in [0.05, 0.1) is 0 Å². The van der Waals surface area contributed by atoms with Crippen LogP contribution in [0.4, 0.5) is 0 Å². The molecule has 0 atom stereocenters. The first-order valence-corrected chi connectivity index (χ1v) is 4.11. The Hall–Kier alpha value is -0.260. The molecule has 1 aliphatic carbocycles. The smallest absolute Gasteiger partial charge is 0.0320 e. The van der Waals surface area contributed by atoms with E-state index in [0.717, 1.165) is 0 Å². The van der Waals surface area contributed by atoms with Gasteiger partial charge in [0.25, 0.3) is 0 Å². The summed E-state index contributed by atoms with van der Waals surface area (Å²) in [5, 5.41) is 0. The third-order valence-corrected chi connectivity index (χ3v) is 1.96. The zero-order valence-electron chi connectivity index (χ0n) is 6.32. The van der Waals surface area contributed by atoms with E-state index in [1.165, 1.54) is 38.5 Å². The Morgan fingerprint density at radius 3 is 2.25 bits per heavy atom. The summed E-state index contributed by atoms with van der Waals surface area (Å²) in [6, 6.07) is 0. The predicted molar refractivity (Wildman–Crippen MR) is 61.7 cm³/mol. The van der Waals surface area contributed by atoms with Crippen molar-refractivity contribution < 1.29 is 0 Å². The number of allylic oxidation sites excluding steroid dienone is 2. The third kappa shape index (κ3) is 6.45. The summed E-state index contributed by atoms with van der Waals surface area (Å²) in [5.41, 5.74) is 1.71. The number of hydrogen-bond acceptors (Lipinski definition) is 0. The lowest BCUT2D eigenvalue weighted by atomic mass is 9.96. The van der Waals surface area contributed by atoms with Gasteiger partial charge in [-0.05, 0) is 32.1 Å². The van der Waals surface area contributed by atoms with Crippen LogP contribution < -0.4 is 0 Å². The molecule has 1 aliphatic rings. The highest BCUT2D eigenvalue weighted by Crippen LogP contribution is 2.20. The van der Waals surface area contributed by atoms with E-state index in [1.807, 2.05) is 0 Å². The van der Waals surface area contributed by atoms with E-state index >= 15 is 0 Å². The molecule has 0 aliphatic heterocycles. The molecule has 0 saturated heterocycles. The minimum absolute atomic E-state index is 0. The molecule has 0 saturated carbocycles. The lowest BCUT2D eigenvalue weighted by Crippen LogP contribution is -1.90. The van der Waals surface area contributed by atoms with Gasteiger partial charge in [-0.15, -0.1) is 0 Å². The Morgan fingerprint density at radius 2 is 1.83 bits per heavy atom. The molecule has 0 aromatic rings. The highest BCUT2D eigenvalue weighted by Gasteiger charge is 2.00. The normalized spacial score (nSPS) is 14.6. The second-order valence-electron chi connectivity index (χ2n) is 2.86. The molecule has 76 valence electrons. The Balaban J connectivity index is -0.000000270. The summed E-state index contributed by atoms with van der Waals surface area (Å²) in [4.78, 5) is 0. The van der Waals surface area contributed by atoms with Crippen LogP contribution in [0.3, 0.4) is 0 Å². The van der Waals surface area contributed by atoms with Crippen LogP contribution in [-0.2, 0) is 0 Å². The van der Waals surface area contributed by atoms with Gasteiger partial charge in [0.1, 0.15) is 0 Å². The fraction of sp³-hybridized carbons (Fsp3) is 0.833. The second kappa shape index (κ2) is 10.7. The van der Waals surface area contributed by atoms with Gasteiger partial charge in [-0.25, -0.2) is 0 Å². The summed E-state index contributed by atoms with van der Waals surface area (Å²) in [7, 11) is 0. The van der Waals surface area contributed by atoms with Crippen LogP contribution in [0.5, 0.6) is 0 Å². The zero-order chi connectivity index (χ0) is 6.53.